The van der Waals surface area contributed by atoms with E-state index in [1.165, 1.54) is 0 Å². The van der Waals surface area contributed by atoms with E-state index in [0.717, 1.165) is 18.2 Å². The third-order valence-electron chi connectivity index (χ3n) is 3.25. The zero-order valence-corrected chi connectivity index (χ0v) is 12.2. The van der Waals surface area contributed by atoms with Gasteiger partial charge in [0.05, 0.1) is 16.6 Å². The Labute approximate surface area is 122 Å². The number of hydrogen-bond acceptors (Lipinski definition) is 4. The molecule has 0 atom stereocenters. The van der Waals surface area contributed by atoms with Crippen LogP contribution >= 0.6 is 0 Å². The van der Waals surface area contributed by atoms with Crippen molar-refractivity contribution >= 4 is 16.0 Å². The van der Waals surface area contributed by atoms with Gasteiger partial charge in [0, 0.05) is 12.6 Å². The molecule has 0 aliphatic heterocycles. The SMILES string of the molecule is CCOC1CC(NS(=O)(=O)c2cc(F)cc(C(=O)O)c2)C1. The van der Waals surface area contributed by atoms with Crippen molar-refractivity contribution in [2.75, 3.05) is 6.61 Å². The van der Waals surface area contributed by atoms with E-state index in [0.29, 0.717) is 19.4 Å². The summed E-state index contributed by atoms with van der Waals surface area (Å²) >= 11 is 0. The van der Waals surface area contributed by atoms with Crippen LogP contribution in [0.3, 0.4) is 0 Å². The van der Waals surface area contributed by atoms with E-state index in [1.54, 1.807) is 0 Å². The molecular weight excluding hydrogens is 301 g/mol. The summed E-state index contributed by atoms with van der Waals surface area (Å²) in [4.78, 5) is 10.4. The van der Waals surface area contributed by atoms with Crippen molar-refractivity contribution in [2.45, 2.75) is 36.8 Å². The summed E-state index contributed by atoms with van der Waals surface area (Å²) in [6, 6.07) is 2.23. The molecular formula is C13H16FNO5S. The molecule has 1 saturated carbocycles. The smallest absolute Gasteiger partial charge is 0.335 e. The Bertz CT molecular complexity index is 640. The maximum Gasteiger partial charge on any atom is 0.335 e. The molecule has 0 heterocycles. The summed E-state index contributed by atoms with van der Waals surface area (Å²) in [6.07, 6.45) is 1.13. The largest absolute Gasteiger partial charge is 0.478 e. The molecule has 0 aromatic heterocycles. The normalized spacial score (nSPS) is 21.8. The number of ether oxygens (including phenoxy) is 1. The first-order chi connectivity index (χ1) is 9.81. The molecule has 8 heteroatoms. The minimum Gasteiger partial charge on any atom is -0.478 e. The summed E-state index contributed by atoms with van der Waals surface area (Å²) in [5, 5.41) is 8.83. The first kappa shape index (κ1) is 15.9. The van der Waals surface area contributed by atoms with E-state index in [9.17, 15) is 17.6 Å². The van der Waals surface area contributed by atoms with Crippen LogP contribution in [0, 0.1) is 5.82 Å². The fraction of sp³-hybridized carbons (Fsp3) is 0.462. The number of sulfonamides is 1. The molecule has 116 valence electrons. The van der Waals surface area contributed by atoms with E-state index < -0.39 is 27.4 Å². The van der Waals surface area contributed by atoms with Crippen molar-refractivity contribution in [2.24, 2.45) is 0 Å². The average molecular weight is 317 g/mol. The molecule has 21 heavy (non-hydrogen) atoms. The maximum atomic E-state index is 13.3. The second-order valence-corrected chi connectivity index (χ2v) is 6.56. The second-order valence-electron chi connectivity index (χ2n) is 4.85. The third-order valence-corrected chi connectivity index (χ3v) is 4.75. The number of halogens is 1. The third kappa shape index (κ3) is 3.78. The van der Waals surface area contributed by atoms with Crippen LogP contribution in [0.2, 0.25) is 0 Å². The van der Waals surface area contributed by atoms with Gasteiger partial charge in [0.15, 0.2) is 0 Å². The number of carboxylic acid groups (broad SMARTS) is 1. The lowest BCUT2D eigenvalue weighted by Crippen LogP contribution is -2.47. The first-order valence-corrected chi connectivity index (χ1v) is 7.98. The van der Waals surface area contributed by atoms with Gasteiger partial charge in [-0.05, 0) is 38.0 Å². The van der Waals surface area contributed by atoms with Crippen LogP contribution in [-0.2, 0) is 14.8 Å². The van der Waals surface area contributed by atoms with E-state index in [2.05, 4.69) is 4.72 Å². The number of nitrogens with one attached hydrogen (secondary N) is 1. The molecule has 0 spiro atoms. The van der Waals surface area contributed by atoms with Gasteiger partial charge < -0.3 is 9.84 Å². The molecule has 2 rings (SSSR count). The molecule has 0 radical (unpaired) electrons. The van der Waals surface area contributed by atoms with E-state index in [4.69, 9.17) is 9.84 Å². The van der Waals surface area contributed by atoms with Crippen LogP contribution in [-0.4, -0.2) is 38.2 Å². The van der Waals surface area contributed by atoms with Gasteiger partial charge in [0.1, 0.15) is 5.82 Å². The Morgan fingerprint density at radius 3 is 2.67 bits per heavy atom. The molecule has 0 unspecified atom stereocenters. The van der Waals surface area contributed by atoms with Gasteiger partial charge in [0.2, 0.25) is 10.0 Å². The minimum absolute atomic E-state index is 0.0322. The summed E-state index contributed by atoms with van der Waals surface area (Å²) < 4.78 is 45.3. The highest BCUT2D eigenvalue weighted by Crippen LogP contribution is 2.25. The minimum atomic E-state index is -3.95. The van der Waals surface area contributed by atoms with E-state index in [-0.39, 0.29) is 17.0 Å². The molecule has 1 fully saturated rings. The van der Waals surface area contributed by atoms with Gasteiger partial charge >= 0.3 is 5.97 Å². The summed E-state index contributed by atoms with van der Waals surface area (Å²) in [6.45, 7) is 2.42. The van der Waals surface area contributed by atoms with Gasteiger partial charge in [-0.15, -0.1) is 0 Å². The van der Waals surface area contributed by atoms with Crippen molar-refractivity contribution in [1.82, 2.24) is 4.72 Å². The monoisotopic (exact) mass is 317 g/mol. The number of benzene rings is 1. The second kappa shape index (κ2) is 6.08. The molecule has 0 amide bonds. The quantitative estimate of drug-likeness (QED) is 0.826. The fourth-order valence-corrected chi connectivity index (χ4v) is 3.48. The molecule has 6 nitrogen and oxygen atoms in total. The van der Waals surface area contributed by atoms with Crippen LogP contribution in [0.1, 0.15) is 30.1 Å². The van der Waals surface area contributed by atoms with E-state index in [1.807, 2.05) is 6.92 Å². The highest BCUT2D eigenvalue weighted by atomic mass is 32.2. The molecule has 0 saturated heterocycles. The Kier molecular flexibility index (Phi) is 4.60. The predicted octanol–water partition coefficient (Wildman–Crippen LogP) is 1.37. The first-order valence-electron chi connectivity index (χ1n) is 6.49. The number of carboxylic acids is 1. The van der Waals surface area contributed by atoms with E-state index >= 15 is 0 Å². The molecule has 2 N–H and O–H groups in total. The lowest BCUT2D eigenvalue weighted by Gasteiger charge is -2.35. The highest BCUT2D eigenvalue weighted by molar-refractivity contribution is 7.89. The van der Waals surface area contributed by atoms with Crippen molar-refractivity contribution < 1.29 is 27.4 Å². The lowest BCUT2D eigenvalue weighted by atomic mass is 9.90. The molecule has 1 aliphatic rings. The van der Waals surface area contributed by atoms with Gasteiger partial charge in [0.25, 0.3) is 0 Å². The molecule has 1 aromatic rings. The molecule has 1 aliphatic carbocycles. The van der Waals surface area contributed by atoms with Gasteiger partial charge in [-0.3, -0.25) is 0 Å². The number of aromatic carboxylic acids is 1. The van der Waals surface area contributed by atoms with Gasteiger partial charge in [-0.25, -0.2) is 22.3 Å². The number of hydrogen-bond donors (Lipinski definition) is 2. The zero-order chi connectivity index (χ0) is 15.6. The Balaban J connectivity index is 2.12. The van der Waals surface area contributed by atoms with Crippen LogP contribution < -0.4 is 4.72 Å². The maximum absolute atomic E-state index is 13.3. The van der Waals surface area contributed by atoms with Crippen LogP contribution in [0.4, 0.5) is 4.39 Å². The van der Waals surface area contributed by atoms with Crippen molar-refractivity contribution in [3.05, 3.63) is 29.6 Å². The standard InChI is InChI=1S/C13H16FNO5S/c1-2-20-11-6-10(7-11)15-21(18,19)12-4-8(13(16)17)3-9(14)5-12/h3-5,10-11,15H,2,6-7H2,1H3,(H,16,17). The Hall–Kier alpha value is -1.51. The highest BCUT2D eigenvalue weighted by Gasteiger charge is 2.33. The topological polar surface area (TPSA) is 92.7 Å². The average Bonchev–Trinajstić information content (AvgIpc) is 2.35. The zero-order valence-electron chi connectivity index (χ0n) is 11.4. The summed E-state index contributed by atoms with van der Waals surface area (Å²) in [7, 11) is -3.95. The van der Waals surface area contributed by atoms with Crippen LogP contribution in [0.15, 0.2) is 23.1 Å². The molecule has 0 bridgehead atoms. The number of rotatable bonds is 6. The Morgan fingerprint density at radius 2 is 2.10 bits per heavy atom. The lowest BCUT2D eigenvalue weighted by molar-refractivity contribution is -0.00476. The van der Waals surface area contributed by atoms with Crippen molar-refractivity contribution in [3.8, 4) is 0 Å². The van der Waals surface area contributed by atoms with Crippen molar-refractivity contribution in [1.29, 1.82) is 0 Å². The van der Waals surface area contributed by atoms with Crippen LogP contribution in [0.25, 0.3) is 0 Å². The predicted molar refractivity (Wildman–Crippen MR) is 72.1 cm³/mol. The fourth-order valence-electron chi connectivity index (χ4n) is 2.16. The molecule has 1 aromatic carbocycles. The summed E-state index contributed by atoms with van der Waals surface area (Å²) in [5.41, 5.74) is -0.406. The van der Waals surface area contributed by atoms with Gasteiger partial charge in [-0.1, -0.05) is 0 Å². The number of carbonyl (C=O) groups is 1. The van der Waals surface area contributed by atoms with Gasteiger partial charge in [-0.2, -0.15) is 0 Å². The Morgan fingerprint density at radius 1 is 1.43 bits per heavy atom. The van der Waals surface area contributed by atoms with Crippen LogP contribution in [0.5, 0.6) is 0 Å². The summed E-state index contributed by atoms with van der Waals surface area (Å²) in [5.74, 6) is -2.29. The van der Waals surface area contributed by atoms with Crippen molar-refractivity contribution in [3.63, 3.8) is 0 Å².